The monoisotopic (exact) mass is 447 g/mol. The second kappa shape index (κ2) is 7.18. The van der Waals surface area contributed by atoms with E-state index in [4.69, 9.17) is 4.52 Å². The van der Waals surface area contributed by atoms with Crippen LogP contribution in [0.25, 0.3) is 11.4 Å². The molecule has 0 amide bonds. The van der Waals surface area contributed by atoms with Crippen LogP contribution in [0.1, 0.15) is 30.3 Å². The van der Waals surface area contributed by atoms with E-state index < -0.39 is 16.1 Å². The van der Waals surface area contributed by atoms with Gasteiger partial charge in [0, 0.05) is 16.6 Å². The Hall–Kier alpha value is -2.03. The molecular formula is C19H18BrN3O3S. The molecule has 6 nitrogen and oxygen atoms in total. The average molecular weight is 448 g/mol. The molecule has 140 valence electrons. The van der Waals surface area contributed by atoms with Crippen LogP contribution in [0.15, 0.2) is 62.4 Å². The first-order valence-corrected chi connectivity index (χ1v) is 10.9. The zero-order valence-electron chi connectivity index (χ0n) is 14.7. The minimum absolute atomic E-state index is 0.260. The van der Waals surface area contributed by atoms with Gasteiger partial charge in [0.25, 0.3) is 0 Å². The topological polar surface area (TPSA) is 76.3 Å². The summed E-state index contributed by atoms with van der Waals surface area (Å²) in [7, 11) is -3.63. The maximum atomic E-state index is 13.1. The molecular weight excluding hydrogens is 430 g/mol. The summed E-state index contributed by atoms with van der Waals surface area (Å²) in [5, 5.41) is 4.06. The fourth-order valence-electron chi connectivity index (χ4n) is 3.29. The first-order chi connectivity index (χ1) is 12.9. The lowest BCUT2D eigenvalue weighted by molar-refractivity contribution is 0.290. The number of nitrogens with zero attached hydrogens (tertiary/aromatic N) is 3. The zero-order chi connectivity index (χ0) is 19.0. The molecule has 1 aliphatic heterocycles. The Kier molecular flexibility index (Phi) is 4.88. The summed E-state index contributed by atoms with van der Waals surface area (Å²) in [4.78, 5) is 4.74. The minimum Gasteiger partial charge on any atom is -0.337 e. The van der Waals surface area contributed by atoms with Crippen LogP contribution in [0.5, 0.6) is 0 Å². The molecule has 0 aliphatic carbocycles. The Labute approximate surface area is 166 Å². The van der Waals surface area contributed by atoms with E-state index in [1.165, 1.54) is 4.31 Å². The van der Waals surface area contributed by atoms with Crippen LogP contribution in [0.4, 0.5) is 0 Å². The van der Waals surface area contributed by atoms with Crippen molar-refractivity contribution in [2.24, 2.45) is 0 Å². The Morgan fingerprint density at radius 1 is 1.19 bits per heavy atom. The standard InChI is InChI=1S/C19H18BrN3O3S/c1-13-4-2-5-14(12-13)18-21-19(26-22-18)17-6-3-11-23(17)27(24,25)16-9-7-15(20)8-10-16/h2,4-5,7-10,12,17H,3,6,11H2,1H3. The van der Waals surface area contributed by atoms with Gasteiger partial charge in [0.1, 0.15) is 6.04 Å². The molecule has 4 rings (SSSR count). The van der Waals surface area contributed by atoms with Gasteiger partial charge in [0.15, 0.2) is 0 Å². The molecule has 3 aromatic rings. The van der Waals surface area contributed by atoms with Gasteiger partial charge < -0.3 is 4.52 Å². The second-order valence-electron chi connectivity index (χ2n) is 6.55. The number of aromatic nitrogens is 2. The van der Waals surface area contributed by atoms with E-state index in [-0.39, 0.29) is 4.90 Å². The van der Waals surface area contributed by atoms with Crippen LogP contribution in [-0.2, 0) is 10.0 Å². The number of halogens is 1. The van der Waals surface area contributed by atoms with Crippen molar-refractivity contribution in [1.82, 2.24) is 14.4 Å². The highest BCUT2D eigenvalue weighted by Crippen LogP contribution is 2.36. The smallest absolute Gasteiger partial charge is 0.245 e. The van der Waals surface area contributed by atoms with Gasteiger partial charge in [-0.1, -0.05) is 44.8 Å². The predicted molar refractivity (Wildman–Crippen MR) is 104 cm³/mol. The van der Waals surface area contributed by atoms with Gasteiger partial charge in [-0.15, -0.1) is 0 Å². The van der Waals surface area contributed by atoms with Crippen molar-refractivity contribution in [1.29, 1.82) is 0 Å². The molecule has 1 saturated heterocycles. The van der Waals surface area contributed by atoms with Crippen LogP contribution < -0.4 is 0 Å². The van der Waals surface area contributed by atoms with E-state index >= 15 is 0 Å². The predicted octanol–water partition coefficient (Wildman–Crippen LogP) is 4.33. The number of benzene rings is 2. The van der Waals surface area contributed by atoms with Crippen LogP contribution in [0, 0.1) is 6.92 Å². The molecule has 1 aliphatic rings. The molecule has 0 spiro atoms. The van der Waals surface area contributed by atoms with E-state index in [0.717, 1.165) is 22.0 Å². The van der Waals surface area contributed by atoms with Crippen LogP contribution >= 0.6 is 15.9 Å². The molecule has 0 radical (unpaired) electrons. The van der Waals surface area contributed by atoms with Crippen LogP contribution in [-0.4, -0.2) is 29.4 Å². The number of hydrogen-bond acceptors (Lipinski definition) is 5. The normalized spacial score (nSPS) is 18.1. The summed E-state index contributed by atoms with van der Waals surface area (Å²) < 4.78 is 33.9. The maximum Gasteiger partial charge on any atom is 0.245 e. The summed E-state index contributed by atoms with van der Waals surface area (Å²) in [5.74, 6) is 0.811. The first kappa shape index (κ1) is 18.3. The van der Waals surface area contributed by atoms with E-state index in [1.807, 2.05) is 31.2 Å². The van der Waals surface area contributed by atoms with Crippen LogP contribution in [0.2, 0.25) is 0 Å². The lowest BCUT2D eigenvalue weighted by Crippen LogP contribution is -2.30. The molecule has 2 aromatic carbocycles. The molecule has 1 aromatic heterocycles. The molecule has 1 unspecified atom stereocenters. The third-order valence-electron chi connectivity index (χ3n) is 4.63. The van der Waals surface area contributed by atoms with Crippen molar-refractivity contribution in [3.05, 3.63) is 64.5 Å². The van der Waals surface area contributed by atoms with Gasteiger partial charge in [0.2, 0.25) is 21.7 Å². The van der Waals surface area contributed by atoms with E-state index in [1.54, 1.807) is 24.3 Å². The lowest BCUT2D eigenvalue weighted by atomic mass is 10.1. The quantitative estimate of drug-likeness (QED) is 0.594. The maximum absolute atomic E-state index is 13.1. The summed E-state index contributed by atoms with van der Waals surface area (Å²) >= 11 is 3.33. The van der Waals surface area contributed by atoms with Gasteiger partial charge in [-0.2, -0.15) is 9.29 Å². The SMILES string of the molecule is Cc1cccc(-c2noc(C3CCCN3S(=O)(=O)c3ccc(Br)cc3)n2)c1. The summed E-state index contributed by atoms with van der Waals surface area (Å²) in [5.41, 5.74) is 1.95. The van der Waals surface area contributed by atoms with Crippen molar-refractivity contribution >= 4 is 26.0 Å². The minimum atomic E-state index is -3.63. The zero-order valence-corrected chi connectivity index (χ0v) is 17.1. The molecule has 27 heavy (non-hydrogen) atoms. The highest BCUT2D eigenvalue weighted by atomic mass is 79.9. The summed E-state index contributed by atoms with van der Waals surface area (Å²) in [6.45, 7) is 2.43. The van der Waals surface area contributed by atoms with Gasteiger partial charge >= 0.3 is 0 Å². The van der Waals surface area contributed by atoms with Crippen molar-refractivity contribution in [3.8, 4) is 11.4 Å². The molecule has 0 bridgehead atoms. The summed E-state index contributed by atoms with van der Waals surface area (Å²) in [6.07, 6.45) is 1.41. The number of rotatable bonds is 4. The van der Waals surface area contributed by atoms with E-state index in [9.17, 15) is 8.42 Å². The molecule has 2 heterocycles. The Morgan fingerprint density at radius 2 is 1.96 bits per heavy atom. The number of sulfonamides is 1. The van der Waals surface area contributed by atoms with Crippen molar-refractivity contribution in [3.63, 3.8) is 0 Å². The van der Waals surface area contributed by atoms with Gasteiger partial charge in [-0.05, 0) is 50.1 Å². The van der Waals surface area contributed by atoms with E-state index in [2.05, 4.69) is 26.1 Å². The fourth-order valence-corrected chi connectivity index (χ4v) is 5.20. The molecule has 0 N–H and O–H groups in total. The largest absolute Gasteiger partial charge is 0.337 e. The average Bonchev–Trinajstić information content (AvgIpc) is 3.32. The Bertz CT molecular complexity index is 1060. The molecule has 0 saturated carbocycles. The highest BCUT2D eigenvalue weighted by molar-refractivity contribution is 9.10. The molecule has 1 atom stereocenters. The molecule has 8 heteroatoms. The van der Waals surface area contributed by atoms with Crippen LogP contribution in [0.3, 0.4) is 0 Å². The number of aryl methyl sites for hydroxylation is 1. The third kappa shape index (κ3) is 3.56. The van der Waals surface area contributed by atoms with Crippen molar-refractivity contribution in [2.45, 2.75) is 30.7 Å². The van der Waals surface area contributed by atoms with Crippen molar-refractivity contribution < 1.29 is 12.9 Å². The van der Waals surface area contributed by atoms with Gasteiger partial charge in [-0.3, -0.25) is 0 Å². The Morgan fingerprint density at radius 3 is 2.70 bits per heavy atom. The highest BCUT2D eigenvalue weighted by Gasteiger charge is 2.39. The van der Waals surface area contributed by atoms with Gasteiger partial charge in [-0.25, -0.2) is 8.42 Å². The Balaban J connectivity index is 1.65. The molecule has 1 fully saturated rings. The van der Waals surface area contributed by atoms with Crippen molar-refractivity contribution in [2.75, 3.05) is 6.54 Å². The second-order valence-corrected chi connectivity index (χ2v) is 9.36. The number of hydrogen-bond donors (Lipinski definition) is 0. The summed E-state index contributed by atoms with van der Waals surface area (Å²) in [6, 6.07) is 14.0. The lowest BCUT2D eigenvalue weighted by Gasteiger charge is -2.21. The first-order valence-electron chi connectivity index (χ1n) is 8.63. The third-order valence-corrected chi connectivity index (χ3v) is 7.08. The van der Waals surface area contributed by atoms with Gasteiger partial charge in [0.05, 0.1) is 4.90 Å². The fraction of sp³-hybridized carbons (Fsp3) is 0.263. The van der Waals surface area contributed by atoms with E-state index in [0.29, 0.717) is 24.7 Å².